The van der Waals surface area contributed by atoms with Crippen molar-refractivity contribution in [3.63, 3.8) is 0 Å². The fourth-order valence-corrected chi connectivity index (χ4v) is 2.67. The number of rotatable bonds is 6. The van der Waals surface area contributed by atoms with E-state index in [-0.39, 0.29) is 11.8 Å². The van der Waals surface area contributed by atoms with Crippen molar-refractivity contribution in [2.75, 3.05) is 14.2 Å². The van der Waals surface area contributed by atoms with Crippen molar-refractivity contribution < 1.29 is 18.8 Å². The summed E-state index contributed by atoms with van der Waals surface area (Å²) < 4.78 is 15.8. The van der Waals surface area contributed by atoms with Crippen LogP contribution in [0.2, 0.25) is 5.02 Å². The molecular weight excluding hydrogens is 370 g/mol. The van der Waals surface area contributed by atoms with Crippen LogP contribution in [0.25, 0.3) is 11.4 Å². The van der Waals surface area contributed by atoms with Gasteiger partial charge in [-0.05, 0) is 43.3 Å². The molecule has 1 atom stereocenters. The Labute approximate surface area is 161 Å². The van der Waals surface area contributed by atoms with Crippen LogP contribution in [-0.2, 0) is 0 Å². The summed E-state index contributed by atoms with van der Waals surface area (Å²) in [7, 11) is 3.12. The third-order valence-corrected chi connectivity index (χ3v) is 4.12. The van der Waals surface area contributed by atoms with Gasteiger partial charge in [-0.25, -0.2) is 0 Å². The summed E-state index contributed by atoms with van der Waals surface area (Å²) in [4.78, 5) is 16.7. The maximum absolute atomic E-state index is 12.3. The minimum atomic E-state index is -0.474. The zero-order valence-electron chi connectivity index (χ0n) is 15.0. The van der Waals surface area contributed by atoms with Crippen molar-refractivity contribution >= 4 is 17.5 Å². The summed E-state index contributed by atoms with van der Waals surface area (Å²) in [6, 6.07) is 11.5. The third kappa shape index (κ3) is 4.20. The van der Waals surface area contributed by atoms with Gasteiger partial charge in [0.15, 0.2) is 11.5 Å². The van der Waals surface area contributed by atoms with Gasteiger partial charge in [0.25, 0.3) is 5.91 Å². The van der Waals surface area contributed by atoms with Gasteiger partial charge < -0.3 is 19.3 Å². The number of hydrogen-bond acceptors (Lipinski definition) is 6. The van der Waals surface area contributed by atoms with Gasteiger partial charge in [0.1, 0.15) is 6.04 Å². The second kappa shape index (κ2) is 8.09. The Hall–Kier alpha value is -3.06. The molecule has 0 aliphatic rings. The number of nitrogens with one attached hydrogen (secondary N) is 1. The fourth-order valence-electron chi connectivity index (χ4n) is 2.48. The molecule has 0 saturated heterocycles. The van der Waals surface area contributed by atoms with Crippen LogP contribution in [-0.4, -0.2) is 30.3 Å². The number of carbonyl (C=O) groups excluding carboxylic acids is 1. The van der Waals surface area contributed by atoms with Gasteiger partial charge in [-0.1, -0.05) is 22.8 Å². The predicted molar refractivity (Wildman–Crippen MR) is 100 cm³/mol. The van der Waals surface area contributed by atoms with E-state index in [1.54, 1.807) is 63.6 Å². The van der Waals surface area contributed by atoms with E-state index in [1.807, 2.05) is 0 Å². The van der Waals surface area contributed by atoms with Crippen molar-refractivity contribution in [1.82, 2.24) is 15.5 Å². The van der Waals surface area contributed by atoms with Crippen molar-refractivity contribution in [2.45, 2.75) is 13.0 Å². The van der Waals surface area contributed by atoms with E-state index in [0.717, 1.165) is 0 Å². The molecule has 27 heavy (non-hydrogen) atoms. The lowest BCUT2D eigenvalue weighted by molar-refractivity contribution is 0.0932. The molecule has 1 N–H and O–H groups in total. The van der Waals surface area contributed by atoms with Crippen LogP contribution in [0, 0.1) is 0 Å². The molecule has 3 aromatic rings. The molecule has 1 unspecified atom stereocenters. The first-order valence-corrected chi connectivity index (χ1v) is 8.52. The summed E-state index contributed by atoms with van der Waals surface area (Å²) in [6.07, 6.45) is 0. The molecule has 140 valence electrons. The van der Waals surface area contributed by atoms with Gasteiger partial charge in [0.05, 0.1) is 14.2 Å². The average Bonchev–Trinajstić information content (AvgIpc) is 3.17. The average molecular weight is 388 g/mol. The molecule has 0 aliphatic heterocycles. The standard InChI is InChI=1S/C19H18ClN3O4/c1-11(21-18(24)13-5-4-6-14(20)9-13)19-22-17(23-27-19)12-7-8-15(25-2)16(10-12)26-3/h4-11H,1-3H3,(H,21,24). The van der Waals surface area contributed by atoms with Crippen LogP contribution in [0.4, 0.5) is 0 Å². The summed E-state index contributed by atoms with van der Waals surface area (Å²) in [5.41, 5.74) is 1.16. The Morgan fingerprint density at radius 3 is 2.63 bits per heavy atom. The summed E-state index contributed by atoms with van der Waals surface area (Å²) in [5.74, 6) is 1.55. The number of methoxy groups -OCH3 is 2. The molecule has 1 heterocycles. The van der Waals surface area contributed by atoms with Crippen molar-refractivity contribution in [3.05, 3.63) is 58.9 Å². The summed E-state index contributed by atoms with van der Waals surface area (Å²) in [5, 5.41) is 7.27. The topological polar surface area (TPSA) is 86.5 Å². The molecule has 0 spiro atoms. The van der Waals surface area contributed by atoms with E-state index in [1.165, 1.54) is 0 Å². The lowest BCUT2D eigenvalue weighted by Crippen LogP contribution is -2.26. The van der Waals surface area contributed by atoms with Crippen molar-refractivity contribution in [2.24, 2.45) is 0 Å². The fraction of sp³-hybridized carbons (Fsp3) is 0.211. The monoisotopic (exact) mass is 387 g/mol. The minimum Gasteiger partial charge on any atom is -0.493 e. The largest absolute Gasteiger partial charge is 0.493 e. The second-order valence-corrected chi connectivity index (χ2v) is 6.17. The smallest absolute Gasteiger partial charge is 0.251 e. The maximum atomic E-state index is 12.3. The Morgan fingerprint density at radius 2 is 1.93 bits per heavy atom. The summed E-state index contributed by atoms with van der Waals surface area (Å²) in [6.45, 7) is 1.76. The van der Waals surface area contributed by atoms with Crippen LogP contribution in [0.1, 0.15) is 29.2 Å². The van der Waals surface area contributed by atoms with Crippen LogP contribution >= 0.6 is 11.6 Å². The van der Waals surface area contributed by atoms with Gasteiger partial charge >= 0.3 is 0 Å². The molecule has 7 nitrogen and oxygen atoms in total. The predicted octanol–water partition coefficient (Wildman–Crippen LogP) is 3.90. The number of carbonyl (C=O) groups is 1. The quantitative estimate of drug-likeness (QED) is 0.690. The van der Waals surface area contributed by atoms with Gasteiger partial charge in [0, 0.05) is 16.1 Å². The molecule has 2 aromatic carbocycles. The number of ether oxygens (including phenoxy) is 2. The Morgan fingerprint density at radius 1 is 1.15 bits per heavy atom. The van der Waals surface area contributed by atoms with Gasteiger partial charge in [-0.15, -0.1) is 0 Å². The number of hydrogen-bond donors (Lipinski definition) is 1. The van der Waals surface area contributed by atoms with E-state index >= 15 is 0 Å². The highest BCUT2D eigenvalue weighted by Crippen LogP contribution is 2.31. The number of amides is 1. The molecule has 0 radical (unpaired) electrons. The normalized spacial score (nSPS) is 11.7. The first kappa shape index (κ1) is 18.7. The minimum absolute atomic E-state index is 0.282. The zero-order chi connectivity index (χ0) is 19.4. The van der Waals surface area contributed by atoms with Crippen molar-refractivity contribution in [3.8, 4) is 22.9 Å². The highest BCUT2D eigenvalue weighted by molar-refractivity contribution is 6.30. The van der Waals surface area contributed by atoms with Crippen LogP contribution < -0.4 is 14.8 Å². The first-order chi connectivity index (χ1) is 13.0. The lowest BCUT2D eigenvalue weighted by Gasteiger charge is -2.09. The Bertz CT molecular complexity index is 958. The maximum Gasteiger partial charge on any atom is 0.251 e. The number of halogens is 1. The molecule has 0 fully saturated rings. The van der Waals surface area contributed by atoms with Gasteiger partial charge in [-0.3, -0.25) is 4.79 Å². The molecule has 0 bridgehead atoms. The van der Waals surface area contributed by atoms with E-state index in [2.05, 4.69) is 15.5 Å². The SMILES string of the molecule is COc1ccc(-c2noc(C(C)NC(=O)c3cccc(Cl)c3)n2)cc1OC. The van der Waals surface area contributed by atoms with E-state index in [4.69, 9.17) is 25.6 Å². The van der Waals surface area contributed by atoms with E-state index in [0.29, 0.717) is 33.5 Å². The second-order valence-electron chi connectivity index (χ2n) is 5.73. The summed E-state index contributed by atoms with van der Waals surface area (Å²) >= 11 is 5.92. The molecule has 1 amide bonds. The molecular formula is C19H18ClN3O4. The first-order valence-electron chi connectivity index (χ1n) is 8.14. The van der Waals surface area contributed by atoms with E-state index in [9.17, 15) is 4.79 Å². The Balaban J connectivity index is 1.76. The molecule has 3 rings (SSSR count). The lowest BCUT2D eigenvalue weighted by atomic mass is 10.2. The van der Waals surface area contributed by atoms with Crippen LogP contribution in [0.5, 0.6) is 11.5 Å². The zero-order valence-corrected chi connectivity index (χ0v) is 15.8. The number of benzene rings is 2. The highest BCUT2D eigenvalue weighted by atomic mass is 35.5. The van der Waals surface area contributed by atoms with Crippen LogP contribution in [0.3, 0.4) is 0 Å². The highest BCUT2D eigenvalue weighted by Gasteiger charge is 2.19. The molecule has 8 heteroatoms. The third-order valence-electron chi connectivity index (χ3n) is 3.89. The number of nitrogens with zero attached hydrogens (tertiary/aromatic N) is 2. The van der Waals surface area contributed by atoms with E-state index < -0.39 is 6.04 Å². The molecule has 0 aliphatic carbocycles. The molecule has 1 aromatic heterocycles. The number of aromatic nitrogens is 2. The van der Waals surface area contributed by atoms with Gasteiger partial charge in [0.2, 0.25) is 11.7 Å². The van der Waals surface area contributed by atoms with Crippen LogP contribution in [0.15, 0.2) is 47.0 Å². The molecule has 0 saturated carbocycles. The van der Waals surface area contributed by atoms with Gasteiger partial charge in [-0.2, -0.15) is 4.98 Å². The Kier molecular flexibility index (Phi) is 5.61. The van der Waals surface area contributed by atoms with Crippen molar-refractivity contribution in [1.29, 1.82) is 0 Å².